The van der Waals surface area contributed by atoms with Gasteiger partial charge in [0.15, 0.2) is 5.65 Å². The van der Waals surface area contributed by atoms with Crippen LogP contribution in [0, 0.1) is 0 Å². The fourth-order valence-corrected chi connectivity index (χ4v) is 2.51. The van der Waals surface area contributed by atoms with Crippen molar-refractivity contribution in [1.82, 2.24) is 14.4 Å². The molecule has 0 aliphatic rings. The van der Waals surface area contributed by atoms with E-state index in [1.807, 2.05) is 30.3 Å². The van der Waals surface area contributed by atoms with E-state index >= 15 is 0 Å². The van der Waals surface area contributed by atoms with Gasteiger partial charge in [-0.3, -0.25) is 4.40 Å². The molecule has 0 unspecified atom stereocenters. The van der Waals surface area contributed by atoms with Gasteiger partial charge in [0.2, 0.25) is 0 Å². The first-order valence-electron chi connectivity index (χ1n) is 6.14. The van der Waals surface area contributed by atoms with Crippen LogP contribution in [0.3, 0.4) is 0 Å². The Balaban J connectivity index is 2.37. The number of carbonyl (C=O) groups is 1. The zero-order valence-corrected chi connectivity index (χ0v) is 10.3. The minimum Gasteiger partial charge on any atom is -0.478 e. The lowest BCUT2D eigenvalue weighted by Crippen LogP contribution is -2.02. The molecule has 0 aliphatic carbocycles. The van der Waals surface area contributed by atoms with Crippen LogP contribution in [0.25, 0.3) is 27.7 Å². The van der Waals surface area contributed by atoms with Crippen molar-refractivity contribution in [1.29, 1.82) is 0 Å². The molecule has 0 radical (unpaired) electrons. The predicted octanol–water partition coefficient (Wildman–Crippen LogP) is 2.73. The zero-order valence-electron chi connectivity index (χ0n) is 10.3. The topological polar surface area (TPSA) is 67.5 Å². The molecule has 0 saturated heterocycles. The Morgan fingerprint density at radius 2 is 1.95 bits per heavy atom. The largest absolute Gasteiger partial charge is 0.478 e. The summed E-state index contributed by atoms with van der Waals surface area (Å²) in [6.07, 6.45) is 1.69. The van der Waals surface area contributed by atoms with Crippen molar-refractivity contribution in [2.24, 2.45) is 0 Å². The minimum absolute atomic E-state index is 0.182. The monoisotopic (exact) mass is 263 g/mol. The second-order valence-electron chi connectivity index (χ2n) is 4.54. The molecule has 1 aromatic carbocycles. The normalized spacial score (nSPS) is 11.4. The van der Waals surface area contributed by atoms with Gasteiger partial charge in [-0.05, 0) is 30.3 Å². The predicted molar refractivity (Wildman–Crippen MR) is 75.0 cm³/mol. The van der Waals surface area contributed by atoms with Crippen LogP contribution in [0.5, 0.6) is 0 Å². The smallest absolute Gasteiger partial charge is 0.339 e. The number of hydrogen-bond acceptors (Lipinski definition) is 3. The van der Waals surface area contributed by atoms with E-state index in [0.29, 0.717) is 11.3 Å². The molecule has 0 fully saturated rings. The van der Waals surface area contributed by atoms with Crippen molar-refractivity contribution in [3.63, 3.8) is 0 Å². The van der Waals surface area contributed by atoms with Crippen LogP contribution in [0.4, 0.5) is 0 Å². The second kappa shape index (κ2) is 3.77. The van der Waals surface area contributed by atoms with E-state index in [0.717, 1.165) is 16.4 Å². The number of aromatic nitrogens is 3. The van der Waals surface area contributed by atoms with Crippen LogP contribution in [0.1, 0.15) is 10.4 Å². The first kappa shape index (κ1) is 10.9. The molecule has 4 rings (SSSR count). The summed E-state index contributed by atoms with van der Waals surface area (Å²) < 4.78 is 1.80. The quantitative estimate of drug-likeness (QED) is 0.573. The number of fused-ring (bicyclic) bond motifs is 5. The lowest BCUT2D eigenvalue weighted by atomic mass is 10.2. The number of carboxylic acids is 1. The van der Waals surface area contributed by atoms with E-state index in [-0.39, 0.29) is 5.56 Å². The van der Waals surface area contributed by atoms with Crippen LogP contribution >= 0.6 is 0 Å². The fourth-order valence-electron chi connectivity index (χ4n) is 2.51. The Labute approximate surface area is 113 Å². The minimum atomic E-state index is -0.990. The van der Waals surface area contributed by atoms with E-state index in [2.05, 4.69) is 9.97 Å². The van der Waals surface area contributed by atoms with Gasteiger partial charge >= 0.3 is 5.97 Å². The molecule has 0 saturated carbocycles. The van der Waals surface area contributed by atoms with Crippen LogP contribution in [0.2, 0.25) is 0 Å². The van der Waals surface area contributed by atoms with Crippen LogP contribution in [-0.4, -0.2) is 25.4 Å². The molecule has 20 heavy (non-hydrogen) atoms. The first-order chi connectivity index (χ1) is 9.75. The third kappa shape index (κ3) is 1.34. The maximum absolute atomic E-state index is 11.5. The molecule has 0 spiro atoms. The highest BCUT2D eigenvalue weighted by atomic mass is 16.4. The van der Waals surface area contributed by atoms with Crippen LogP contribution < -0.4 is 0 Å². The third-order valence-electron chi connectivity index (χ3n) is 3.36. The standard InChI is InChI=1S/C15H9N3O2/c19-15(20)10-8-9-4-3-7-16-13(9)18-12-6-2-1-5-11(12)17-14(10)18/h1-8H,(H,19,20). The maximum atomic E-state index is 11.5. The Bertz CT molecular complexity index is 988. The highest BCUT2D eigenvalue weighted by molar-refractivity contribution is 6.02. The zero-order chi connectivity index (χ0) is 13.7. The van der Waals surface area contributed by atoms with Gasteiger partial charge in [-0.25, -0.2) is 14.8 Å². The summed E-state index contributed by atoms with van der Waals surface area (Å²) in [5.41, 5.74) is 2.93. The molecular formula is C15H9N3O2. The van der Waals surface area contributed by atoms with E-state index in [9.17, 15) is 9.90 Å². The Kier molecular flexibility index (Phi) is 2.06. The average Bonchev–Trinajstić information content (AvgIpc) is 2.85. The third-order valence-corrected chi connectivity index (χ3v) is 3.36. The number of rotatable bonds is 1. The molecule has 0 aliphatic heterocycles. The molecule has 4 aromatic rings. The lowest BCUT2D eigenvalue weighted by Gasteiger charge is -2.04. The summed E-state index contributed by atoms with van der Waals surface area (Å²) in [4.78, 5) is 20.3. The van der Waals surface area contributed by atoms with Gasteiger partial charge in [0.1, 0.15) is 11.2 Å². The van der Waals surface area contributed by atoms with Gasteiger partial charge in [-0.1, -0.05) is 12.1 Å². The molecule has 0 bridgehead atoms. The van der Waals surface area contributed by atoms with Crippen LogP contribution in [-0.2, 0) is 0 Å². The molecule has 0 amide bonds. The lowest BCUT2D eigenvalue weighted by molar-refractivity contribution is 0.0698. The average molecular weight is 263 g/mol. The number of benzene rings is 1. The summed E-state index contributed by atoms with van der Waals surface area (Å²) in [7, 11) is 0. The van der Waals surface area contributed by atoms with E-state index < -0.39 is 5.97 Å². The maximum Gasteiger partial charge on any atom is 0.339 e. The Morgan fingerprint density at radius 3 is 2.80 bits per heavy atom. The highest BCUT2D eigenvalue weighted by Gasteiger charge is 2.16. The number of para-hydroxylation sites is 2. The number of pyridine rings is 2. The van der Waals surface area contributed by atoms with E-state index in [1.54, 1.807) is 22.7 Å². The molecule has 1 N–H and O–H groups in total. The second-order valence-corrected chi connectivity index (χ2v) is 4.54. The Morgan fingerprint density at radius 1 is 1.10 bits per heavy atom. The summed E-state index contributed by atoms with van der Waals surface area (Å²) >= 11 is 0. The number of imidazole rings is 1. The van der Waals surface area contributed by atoms with E-state index in [4.69, 9.17) is 0 Å². The summed E-state index contributed by atoms with van der Waals surface area (Å²) in [5, 5.41) is 10.2. The summed E-state index contributed by atoms with van der Waals surface area (Å²) in [5.74, 6) is -0.990. The molecule has 0 atom stereocenters. The van der Waals surface area contributed by atoms with Crippen molar-refractivity contribution >= 4 is 33.7 Å². The first-order valence-corrected chi connectivity index (χ1v) is 6.14. The van der Waals surface area contributed by atoms with Gasteiger partial charge in [-0.2, -0.15) is 0 Å². The van der Waals surface area contributed by atoms with E-state index in [1.165, 1.54) is 0 Å². The Hall–Kier alpha value is -2.95. The number of carboxylic acid groups (broad SMARTS) is 1. The SMILES string of the molecule is O=C(O)c1cc2cccnc2n2c1nc1ccccc12. The molecule has 3 heterocycles. The van der Waals surface area contributed by atoms with Crippen LogP contribution in [0.15, 0.2) is 48.7 Å². The number of nitrogens with zero attached hydrogens (tertiary/aromatic N) is 3. The van der Waals surface area contributed by atoms with Crippen molar-refractivity contribution in [2.45, 2.75) is 0 Å². The summed E-state index contributed by atoms with van der Waals surface area (Å²) in [6.45, 7) is 0. The number of aromatic carboxylic acids is 1. The van der Waals surface area contributed by atoms with Gasteiger partial charge in [-0.15, -0.1) is 0 Å². The van der Waals surface area contributed by atoms with Crippen molar-refractivity contribution in [3.8, 4) is 0 Å². The molecule has 5 heteroatoms. The molecular weight excluding hydrogens is 254 g/mol. The highest BCUT2D eigenvalue weighted by Crippen LogP contribution is 2.24. The van der Waals surface area contributed by atoms with Gasteiger partial charge in [0.05, 0.1) is 11.0 Å². The summed E-state index contributed by atoms with van der Waals surface area (Å²) in [6, 6.07) is 12.8. The molecule has 96 valence electrons. The van der Waals surface area contributed by atoms with Crippen molar-refractivity contribution in [3.05, 3.63) is 54.2 Å². The van der Waals surface area contributed by atoms with Gasteiger partial charge in [0.25, 0.3) is 0 Å². The van der Waals surface area contributed by atoms with Gasteiger partial charge < -0.3 is 5.11 Å². The molecule has 5 nitrogen and oxygen atoms in total. The number of hydrogen-bond donors (Lipinski definition) is 1. The van der Waals surface area contributed by atoms with Gasteiger partial charge in [0, 0.05) is 11.6 Å². The fraction of sp³-hybridized carbons (Fsp3) is 0. The molecule has 3 aromatic heterocycles. The van der Waals surface area contributed by atoms with Crippen molar-refractivity contribution < 1.29 is 9.90 Å². The van der Waals surface area contributed by atoms with Crippen molar-refractivity contribution in [2.75, 3.05) is 0 Å².